The van der Waals surface area contributed by atoms with Gasteiger partial charge in [0.15, 0.2) is 5.82 Å². The summed E-state index contributed by atoms with van der Waals surface area (Å²) >= 11 is 0. The minimum atomic E-state index is -1.07. The van der Waals surface area contributed by atoms with E-state index in [9.17, 15) is 15.2 Å². The molecule has 2 heterocycles. The third-order valence-corrected chi connectivity index (χ3v) is 5.62. The number of aromatic carboxylic acids is 1. The fourth-order valence-corrected chi connectivity index (χ4v) is 4.01. The summed E-state index contributed by atoms with van der Waals surface area (Å²) in [6.07, 6.45) is 0.553. The zero-order chi connectivity index (χ0) is 23.5. The van der Waals surface area contributed by atoms with E-state index < -0.39 is 5.97 Å². The monoisotopic (exact) mass is 442 g/mol. The predicted molar refractivity (Wildman–Crippen MR) is 121 cm³/mol. The lowest BCUT2D eigenvalue weighted by atomic mass is 9.98. The Morgan fingerprint density at radius 1 is 1.12 bits per heavy atom. The molecule has 0 radical (unpaired) electrons. The smallest absolute Gasteiger partial charge is 0.353 e. The van der Waals surface area contributed by atoms with Gasteiger partial charge >= 0.3 is 5.97 Å². The minimum absolute atomic E-state index is 0.0977. The first kappa shape index (κ1) is 21.8. The molecule has 4 aromatic rings. The summed E-state index contributed by atoms with van der Waals surface area (Å²) in [7, 11) is 3.30. The van der Waals surface area contributed by atoms with E-state index in [4.69, 9.17) is 4.74 Å². The number of methoxy groups -OCH3 is 1. The Hall–Kier alpha value is -4.45. The van der Waals surface area contributed by atoms with Crippen LogP contribution in [-0.4, -0.2) is 43.0 Å². The van der Waals surface area contributed by atoms with Crippen LogP contribution < -0.4 is 4.74 Å². The molecule has 2 aromatic carbocycles. The topological polar surface area (TPSA) is 119 Å². The summed E-state index contributed by atoms with van der Waals surface area (Å²) in [5, 5.41) is 31.6. The lowest BCUT2D eigenvalue weighted by Gasteiger charge is -2.08. The van der Waals surface area contributed by atoms with Crippen LogP contribution in [0.5, 0.6) is 5.75 Å². The van der Waals surface area contributed by atoms with Gasteiger partial charge in [-0.05, 0) is 40.1 Å². The second-order valence-electron chi connectivity index (χ2n) is 7.46. The van der Waals surface area contributed by atoms with Crippen molar-refractivity contribution in [2.75, 3.05) is 7.11 Å². The van der Waals surface area contributed by atoms with E-state index in [0.29, 0.717) is 41.2 Å². The van der Waals surface area contributed by atoms with Gasteiger partial charge in [0.05, 0.1) is 19.2 Å². The maximum atomic E-state index is 12.0. The molecule has 0 saturated carbocycles. The van der Waals surface area contributed by atoms with E-state index in [2.05, 4.69) is 21.6 Å². The van der Waals surface area contributed by atoms with Gasteiger partial charge < -0.3 is 14.4 Å². The number of ether oxygens (including phenoxy) is 1. The second kappa shape index (κ2) is 8.96. The number of rotatable bonds is 7. The molecular formula is C24H22N6O3. The fourth-order valence-electron chi connectivity index (χ4n) is 4.01. The largest absolute Gasteiger partial charge is 0.497 e. The molecule has 9 heteroatoms. The van der Waals surface area contributed by atoms with Gasteiger partial charge in [0.2, 0.25) is 0 Å². The molecule has 9 nitrogen and oxygen atoms in total. The normalized spacial score (nSPS) is 10.7. The molecule has 0 aliphatic carbocycles. The average Bonchev–Trinajstić information content (AvgIpc) is 3.40. The van der Waals surface area contributed by atoms with Crippen molar-refractivity contribution in [3.63, 3.8) is 0 Å². The maximum absolute atomic E-state index is 12.0. The molecule has 0 atom stereocenters. The number of benzene rings is 2. The van der Waals surface area contributed by atoms with Crippen LogP contribution in [0, 0.1) is 11.3 Å². The Kier molecular flexibility index (Phi) is 5.91. The standard InChI is InChI=1S/C24H22N6O3/c1-4-20-19(13-25)21(22(24(31)32)29(20)2)16-7-9-17(10-8-16)23-26-27-28-30(23)14-15-5-11-18(33-3)12-6-15/h5-12H,4,14H2,1-3H3,(H,31,32). The number of tetrazole rings is 1. The van der Waals surface area contributed by atoms with Gasteiger partial charge in [-0.2, -0.15) is 5.26 Å². The van der Waals surface area contributed by atoms with Crippen molar-refractivity contribution in [2.45, 2.75) is 19.9 Å². The van der Waals surface area contributed by atoms with Gasteiger partial charge in [0, 0.05) is 23.9 Å². The van der Waals surface area contributed by atoms with E-state index in [0.717, 1.165) is 16.9 Å². The van der Waals surface area contributed by atoms with Gasteiger partial charge in [-0.3, -0.25) is 0 Å². The third-order valence-electron chi connectivity index (χ3n) is 5.62. The zero-order valence-corrected chi connectivity index (χ0v) is 18.5. The number of carboxylic acid groups (broad SMARTS) is 1. The van der Waals surface area contributed by atoms with Crippen molar-refractivity contribution < 1.29 is 14.6 Å². The van der Waals surface area contributed by atoms with Crippen LogP contribution in [0.1, 0.15) is 34.2 Å². The highest BCUT2D eigenvalue weighted by molar-refractivity contribution is 5.97. The number of carbonyl (C=O) groups is 1. The van der Waals surface area contributed by atoms with E-state index >= 15 is 0 Å². The Morgan fingerprint density at radius 3 is 2.36 bits per heavy atom. The summed E-state index contributed by atoms with van der Waals surface area (Å²) in [5.41, 5.74) is 4.04. The van der Waals surface area contributed by atoms with Crippen molar-refractivity contribution in [3.8, 4) is 34.3 Å². The number of aromatic nitrogens is 5. The summed E-state index contributed by atoms with van der Waals surface area (Å²) in [6.45, 7) is 2.38. The quantitative estimate of drug-likeness (QED) is 0.465. The summed E-state index contributed by atoms with van der Waals surface area (Å²) in [5.74, 6) is 0.283. The number of carboxylic acids is 1. The van der Waals surface area contributed by atoms with E-state index in [1.807, 2.05) is 43.3 Å². The second-order valence-corrected chi connectivity index (χ2v) is 7.46. The van der Waals surface area contributed by atoms with E-state index in [-0.39, 0.29) is 5.69 Å². The van der Waals surface area contributed by atoms with Gasteiger partial charge in [-0.1, -0.05) is 43.3 Å². The van der Waals surface area contributed by atoms with Crippen molar-refractivity contribution in [2.24, 2.45) is 7.05 Å². The molecule has 0 fully saturated rings. The van der Waals surface area contributed by atoms with E-state index in [1.54, 1.807) is 35.5 Å². The molecule has 2 aromatic heterocycles. The third kappa shape index (κ3) is 3.94. The highest BCUT2D eigenvalue weighted by Gasteiger charge is 2.25. The molecular weight excluding hydrogens is 420 g/mol. The molecule has 0 saturated heterocycles. The first-order valence-corrected chi connectivity index (χ1v) is 10.3. The number of hydrogen-bond donors (Lipinski definition) is 1. The molecule has 0 unspecified atom stereocenters. The average molecular weight is 442 g/mol. The zero-order valence-electron chi connectivity index (χ0n) is 18.5. The van der Waals surface area contributed by atoms with Crippen LogP contribution in [0.15, 0.2) is 48.5 Å². The molecule has 0 amide bonds. The van der Waals surface area contributed by atoms with Crippen LogP contribution in [0.2, 0.25) is 0 Å². The lowest BCUT2D eigenvalue weighted by molar-refractivity contribution is 0.0687. The fraction of sp³-hybridized carbons (Fsp3) is 0.208. The van der Waals surface area contributed by atoms with Gasteiger partial charge in [-0.25, -0.2) is 9.48 Å². The number of hydrogen-bond acceptors (Lipinski definition) is 6. The summed E-state index contributed by atoms with van der Waals surface area (Å²) < 4.78 is 8.47. The van der Waals surface area contributed by atoms with Crippen LogP contribution in [0.25, 0.3) is 22.5 Å². The van der Waals surface area contributed by atoms with Crippen molar-refractivity contribution in [3.05, 3.63) is 71.0 Å². The molecule has 166 valence electrons. The highest BCUT2D eigenvalue weighted by atomic mass is 16.5. The molecule has 0 aliphatic rings. The minimum Gasteiger partial charge on any atom is -0.497 e. The molecule has 1 N–H and O–H groups in total. The molecule has 0 aliphatic heterocycles. The summed E-state index contributed by atoms with van der Waals surface area (Å²) in [4.78, 5) is 12.0. The molecule has 0 spiro atoms. The number of nitriles is 1. The Morgan fingerprint density at radius 2 is 1.79 bits per heavy atom. The van der Waals surface area contributed by atoms with E-state index in [1.165, 1.54) is 0 Å². The molecule has 33 heavy (non-hydrogen) atoms. The van der Waals surface area contributed by atoms with Crippen LogP contribution in [0.4, 0.5) is 0 Å². The Bertz CT molecular complexity index is 1340. The van der Waals surface area contributed by atoms with Crippen LogP contribution in [0.3, 0.4) is 0 Å². The van der Waals surface area contributed by atoms with Crippen LogP contribution in [-0.2, 0) is 20.0 Å². The van der Waals surface area contributed by atoms with Crippen LogP contribution >= 0.6 is 0 Å². The first-order valence-electron chi connectivity index (χ1n) is 10.3. The summed E-state index contributed by atoms with van der Waals surface area (Å²) in [6, 6.07) is 17.1. The SMILES string of the molecule is CCc1c(C#N)c(-c2ccc(-c3nnnn3Cc3ccc(OC)cc3)cc2)c(C(=O)O)n1C. The van der Waals surface area contributed by atoms with Crippen molar-refractivity contribution in [1.29, 1.82) is 5.26 Å². The lowest BCUT2D eigenvalue weighted by Crippen LogP contribution is -2.07. The van der Waals surface area contributed by atoms with Crippen molar-refractivity contribution in [1.82, 2.24) is 24.8 Å². The van der Waals surface area contributed by atoms with Crippen molar-refractivity contribution >= 4 is 5.97 Å². The first-order chi connectivity index (χ1) is 16.0. The Labute approximate surface area is 190 Å². The molecule has 4 rings (SSSR count). The number of nitrogens with zero attached hydrogens (tertiary/aromatic N) is 6. The predicted octanol–water partition coefficient (Wildman–Crippen LogP) is 3.53. The van der Waals surface area contributed by atoms with Gasteiger partial charge in [0.25, 0.3) is 0 Å². The Balaban J connectivity index is 1.69. The van der Waals surface area contributed by atoms with Gasteiger partial charge in [-0.15, -0.1) is 5.10 Å². The highest BCUT2D eigenvalue weighted by Crippen LogP contribution is 2.33. The van der Waals surface area contributed by atoms with Gasteiger partial charge in [0.1, 0.15) is 17.5 Å². The molecule has 0 bridgehead atoms. The maximum Gasteiger partial charge on any atom is 0.353 e.